The minimum Gasteiger partial charge on any atom is -0.374 e. The number of piperidine rings is 1. The van der Waals surface area contributed by atoms with Gasteiger partial charge in [0.2, 0.25) is 0 Å². The fraction of sp³-hybridized carbons (Fsp3) is 0.565. The summed E-state index contributed by atoms with van der Waals surface area (Å²) in [5, 5.41) is 1.47. The summed E-state index contributed by atoms with van der Waals surface area (Å²) >= 11 is 0. The first-order valence-corrected chi connectivity index (χ1v) is 10.2. The molecule has 2 aliphatic rings. The second-order valence-corrected chi connectivity index (χ2v) is 8.57. The zero-order valence-corrected chi connectivity index (χ0v) is 16.7. The molecule has 3 heteroatoms. The van der Waals surface area contributed by atoms with Gasteiger partial charge in [0.05, 0.1) is 6.54 Å². The molecule has 0 aliphatic carbocycles. The molecule has 3 nitrogen and oxygen atoms in total. The first-order valence-electron chi connectivity index (χ1n) is 10.2. The number of benzene rings is 1. The van der Waals surface area contributed by atoms with Gasteiger partial charge in [0.1, 0.15) is 0 Å². The lowest BCUT2D eigenvalue weighted by Crippen LogP contribution is -2.33. The Labute approximate surface area is 158 Å². The fourth-order valence-corrected chi connectivity index (χ4v) is 4.65. The zero-order chi connectivity index (χ0) is 18.3. The number of aromatic nitrogens is 1. The van der Waals surface area contributed by atoms with Gasteiger partial charge in [-0.3, -0.25) is 0 Å². The number of nitrogens with zero attached hydrogens (tertiary/aromatic N) is 3. The number of fused-ring (bicyclic) bond motifs is 3. The highest BCUT2D eigenvalue weighted by atomic mass is 15.2. The highest BCUT2D eigenvalue weighted by molar-refractivity contribution is 5.86. The first-order chi connectivity index (χ1) is 12.5. The van der Waals surface area contributed by atoms with Gasteiger partial charge in [-0.1, -0.05) is 25.1 Å². The molecule has 0 spiro atoms. The second kappa shape index (κ2) is 7.11. The third-order valence-electron chi connectivity index (χ3n) is 6.49. The van der Waals surface area contributed by atoms with Crippen molar-refractivity contribution in [2.24, 2.45) is 5.92 Å². The van der Waals surface area contributed by atoms with Crippen molar-refractivity contribution in [3.8, 4) is 0 Å². The van der Waals surface area contributed by atoms with Gasteiger partial charge in [-0.05, 0) is 56.8 Å². The molecule has 3 heterocycles. The monoisotopic (exact) mass is 351 g/mol. The maximum Gasteiger partial charge on any atom is 0.0621 e. The topological polar surface area (TPSA) is 11.4 Å². The summed E-state index contributed by atoms with van der Waals surface area (Å²) in [5.74, 6) is 0.862. The lowest BCUT2D eigenvalue weighted by atomic mass is 9.99. The van der Waals surface area contributed by atoms with Crippen molar-refractivity contribution in [2.75, 3.05) is 33.2 Å². The van der Waals surface area contributed by atoms with Crippen LogP contribution in [0.25, 0.3) is 10.9 Å². The van der Waals surface area contributed by atoms with Crippen molar-refractivity contribution in [3.63, 3.8) is 0 Å². The van der Waals surface area contributed by atoms with E-state index in [1.54, 1.807) is 11.3 Å². The summed E-state index contributed by atoms with van der Waals surface area (Å²) < 4.78 is 2.57. The molecule has 0 amide bonds. The lowest BCUT2D eigenvalue weighted by Gasteiger charge is -2.34. The number of likely N-dealkylation sites (tertiary alicyclic amines) is 1. The number of hydrogen-bond donors (Lipinski definition) is 0. The number of likely N-dealkylation sites (N-methyl/N-ethyl adjacent to an activating group) is 1. The second-order valence-electron chi connectivity index (χ2n) is 8.57. The number of rotatable bonds is 3. The van der Waals surface area contributed by atoms with Crippen LogP contribution in [0.2, 0.25) is 0 Å². The van der Waals surface area contributed by atoms with Gasteiger partial charge in [0.15, 0.2) is 0 Å². The Balaban J connectivity index is 1.69. The van der Waals surface area contributed by atoms with Gasteiger partial charge in [-0.2, -0.15) is 0 Å². The van der Waals surface area contributed by atoms with Crippen molar-refractivity contribution < 1.29 is 0 Å². The Morgan fingerprint density at radius 2 is 1.85 bits per heavy atom. The third-order valence-corrected chi connectivity index (χ3v) is 6.49. The van der Waals surface area contributed by atoms with Crippen LogP contribution < -0.4 is 0 Å². The average Bonchev–Trinajstić information content (AvgIpc) is 2.76. The quantitative estimate of drug-likeness (QED) is 0.820. The van der Waals surface area contributed by atoms with Crippen molar-refractivity contribution in [1.29, 1.82) is 0 Å². The van der Waals surface area contributed by atoms with E-state index in [0.717, 1.165) is 38.4 Å². The molecule has 1 aromatic heterocycles. The Hall–Kier alpha value is -1.74. The lowest BCUT2D eigenvalue weighted by molar-refractivity contribution is 0.229. The van der Waals surface area contributed by atoms with Gasteiger partial charge >= 0.3 is 0 Å². The molecular formula is C23H33N3. The highest BCUT2D eigenvalue weighted by Crippen LogP contribution is 2.31. The highest BCUT2D eigenvalue weighted by Gasteiger charge is 2.23. The van der Waals surface area contributed by atoms with Crippen LogP contribution in [0.5, 0.6) is 0 Å². The molecule has 0 unspecified atom stereocenters. The predicted octanol–water partition coefficient (Wildman–Crippen LogP) is 4.23. The van der Waals surface area contributed by atoms with E-state index in [1.807, 2.05) is 0 Å². The number of hydrogen-bond acceptors (Lipinski definition) is 2. The smallest absolute Gasteiger partial charge is 0.0621 e. The summed E-state index contributed by atoms with van der Waals surface area (Å²) in [6.07, 6.45) is 4.90. The Kier molecular flexibility index (Phi) is 4.83. The Morgan fingerprint density at radius 1 is 1.12 bits per heavy atom. The standard InChI is InChI=1S/C23H33N3/c1-17-7-13-25(14-8-17)19(3)16-26-22-6-5-18(2)15-21(22)20-9-11-24(4)12-10-23(20)26/h5-6,15,17H,3,7-14,16H2,1-2,4H3. The summed E-state index contributed by atoms with van der Waals surface area (Å²) in [4.78, 5) is 4.99. The van der Waals surface area contributed by atoms with E-state index in [9.17, 15) is 0 Å². The molecule has 1 saturated heterocycles. The van der Waals surface area contributed by atoms with E-state index in [4.69, 9.17) is 0 Å². The number of allylic oxidation sites excluding steroid dienone is 1. The molecule has 0 bridgehead atoms. The van der Waals surface area contributed by atoms with Gasteiger partial charge in [-0.25, -0.2) is 0 Å². The normalized spacial score (nSPS) is 19.6. The van der Waals surface area contributed by atoms with Crippen LogP contribution >= 0.6 is 0 Å². The molecule has 1 aromatic carbocycles. The minimum atomic E-state index is 0.862. The maximum atomic E-state index is 4.48. The van der Waals surface area contributed by atoms with Gasteiger partial charge in [-0.15, -0.1) is 0 Å². The van der Waals surface area contributed by atoms with Crippen LogP contribution in [-0.2, 0) is 19.4 Å². The summed E-state index contributed by atoms with van der Waals surface area (Å²) in [5.41, 5.74) is 7.17. The molecule has 2 aliphatic heterocycles. The molecule has 26 heavy (non-hydrogen) atoms. The molecular weight excluding hydrogens is 318 g/mol. The maximum absolute atomic E-state index is 4.48. The van der Waals surface area contributed by atoms with Crippen molar-refractivity contribution in [1.82, 2.24) is 14.4 Å². The first kappa shape index (κ1) is 17.7. The third kappa shape index (κ3) is 3.29. The Morgan fingerprint density at radius 3 is 2.62 bits per heavy atom. The van der Waals surface area contributed by atoms with Crippen molar-refractivity contribution in [2.45, 2.75) is 46.1 Å². The largest absolute Gasteiger partial charge is 0.374 e. The van der Waals surface area contributed by atoms with Gasteiger partial charge < -0.3 is 14.4 Å². The van der Waals surface area contributed by atoms with Gasteiger partial charge in [0.25, 0.3) is 0 Å². The summed E-state index contributed by atoms with van der Waals surface area (Å²) in [6.45, 7) is 14.6. The van der Waals surface area contributed by atoms with Crippen molar-refractivity contribution >= 4 is 10.9 Å². The van der Waals surface area contributed by atoms with E-state index in [2.05, 4.69) is 60.0 Å². The van der Waals surface area contributed by atoms with E-state index in [0.29, 0.717) is 0 Å². The summed E-state index contributed by atoms with van der Waals surface area (Å²) in [7, 11) is 2.25. The Bertz CT molecular complexity index is 808. The van der Waals surface area contributed by atoms with E-state index in [1.165, 1.54) is 48.1 Å². The molecule has 0 N–H and O–H groups in total. The van der Waals surface area contributed by atoms with Gasteiger partial charge in [0, 0.05) is 54.9 Å². The van der Waals surface area contributed by atoms with Crippen LogP contribution in [0, 0.1) is 12.8 Å². The average molecular weight is 352 g/mol. The van der Waals surface area contributed by atoms with E-state index in [-0.39, 0.29) is 0 Å². The van der Waals surface area contributed by atoms with Crippen molar-refractivity contribution in [3.05, 3.63) is 47.3 Å². The van der Waals surface area contributed by atoms with E-state index < -0.39 is 0 Å². The SMILES string of the molecule is C=C(Cn1c2c(c3cc(C)ccc31)CCN(C)CC2)N1CCC(C)CC1. The van der Waals surface area contributed by atoms with Crippen LogP contribution in [0.15, 0.2) is 30.5 Å². The zero-order valence-electron chi connectivity index (χ0n) is 16.7. The molecule has 140 valence electrons. The van der Waals surface area contributed by atoms with Crippen LogP contribution in [0.1, 0.15) is 36.6 Å². The fourth-order valence-electron chi connectivity index (χ4n) is 4.65. The predicted molar refractivity (Wildman–Crippen MR) is 111 cm³/mol. The molecule has 0 saturated carbocycles. The minimum absolute atomic E-state index is 0.862. The van der Waals surface area contributed by atoms with Crippen LogP contribution in [0.4, 0.5) is 0 Å². The molecule has 4 rings (SSSR count). The molecule has 1 fully saturated rings. The molecule has 0 atom stereocenters. The molecule has 0 radical (unpaired) electrons. The summed E-state index contributed by atoms with van der Waals surface area (Å²) in [6, 6.07) is 6.98. The molecule has 2 aromatic rings. The van der Waals surface area contributed by atoms with Crippen LogP contribution in [0.3, 0.4) is 0 Å². The number of aryl methyl sites for hydroxylation is 1. The van der Waals surface area contributed by atoms with E-state index >= 15 is 0 Å². The van der Waals surface area contributed by atoms with Crippen LogP contribution in [-0.4, -0.2) is 47.6 Å².